The minimum Gasteiger partial charge on any atom is -0.494 e. The van der Waals surface area contributed by atoms with E-state index >= 15 is 0 Å². The lowest BCUT2D eigenvalue weighted by Gasteiger charge is -2.28. The minimum atomic E-state index is -0.538. The van der Waals surface area contributed by atoms with Crippen molar-refractivity contribution >= 4 is 23.2 Å². The van der Waals surface area contributed by atoms with E-state index in [0.29, 0.717) is 22.7 Å². The normalized spacial score (nSPS) is 14.6. The fourth-order valence-corrected chi connectivity index (χ4v) is 4.30. The highest BCUT2D eigenvalue weighted by Crippen LogP contribution is 2.42. The van der Waals surface area contributed by atoms with Crippen LogP contribution in [0.5, 0.6) is 5.75 Å². The Labute approximate surface area is 186 Å². The second kappa shape index (κ2) is 9.22. The molecule has 0 aromatic heterocycles. The summed E-state index contributed by atoms with van der Waals surface area (Å²) >= 11 is 0. The van der Waals surface area contributed by atoms with Crippen LogP contribution in [-0.2, 0) is 10.2 Å². The SMILES string of the molecule is COc1cc(NC(=O)C2(c3ccccc3)CCCC2)ccc1NC(=O)c1ccc(F)cc1. The minimum absolute atomic E-state index is 0.0358. The third-order valence-electron chi connectivity index (χ3n) is 6.03. The van der Waals surface area contributed by atoms with Crippen molar-refractivity contribution in [2.24, 2.45) is 0 Å². The molecule has 3 aromatic carbocycles. The van der Waals surface area contributed by atoms with E-state index in [0.717, 1.165) is 31.2 Å². The maximum atomic E-state index is 13.4. The molecule has 0 heterocycles. The lowest BCUT2D eigenvalue weighted by atomic mass is 9.78. The van der Waals surface area contributed by atoms with Crippen molar-refractivity contribution in [1.29, 1.82) is 0 Å². The average molecular weight is 432 g/mol. The molecule has 32 heavy (non-hydrogen) atoms. The summed E-state index contributed by atoms with van der Waals surface area (Å²) in [7, 11) is 1.50. The zero-order chi connectivity index (χ0) is 22.6. The molecule has 4 rings (SSSR count). The summed E-state index contributed by atoms with van der Waals surface area (Å²) in [5, 5.41) is 5.81. The molecule has 0 aliphatic heterocycles. The molecule has 1 aliphatic rings. The van der Waals surface area contributed by atoms with Gasteiger partial charge >= 0.3 is 0 Å². The first-order valence-corrected chi connectivity index (χ1v) is 10.6. The van der Waals surface area contributed by atoms with E-state index in [2.05, 4.69) is 10.6 Å². The van der Waals surface area contributed by atoms with Gasteiger partial charge in [0.05, 0.1) is 18.2 Å². The lowest BCUT2D eigenvalue weighted by Crippen LogP contribution is -2.37. The lowest BCUT2D eigenvalue weighted by molar-refractivity contribution is -0.121. The molecule has 2 amide bonds. The summed E-state index contributed by atoms with van der Waals surface area (Å²) in [6.07, 6.45) is 3.65. The van der Waals surface area contributed by atoms with Gasteiger partial charge in [-0.25, -0.2) is 4.39 Å². The van der Waals surface area contributed by atoms with Crippen LogP contribution in [0.3, 0.4) is 0 Å². The van der Waals surface area contributed by atoms with Gasteiger partial charge in [0.2, 0.25) is 5.91 Å². The number of hydrogen-bond acceptors (Lipinski definition) is 3. The summed E-state index contributed by atoms with van der Waals surface area (Å²) in [5.74, 6) is -0.409. The maximum absolute atomic E-state index is 13.4. The van der Waals surface area contributed by atoms with Crippen molar-refractivity contribution in [2.45, 2.75) is 31.1 Å². The second-order valence-electron chi connectivity index (χ2n) is 7.99. The highest BCUT2D eigenvalue weighted by Gasteiger charge is 2.42. The van der Waals surface area contributed by atoms with Crippen molar-refractivity contribution in [3.05, 3.63) is 89.7 Å². The van der Waals surface area contributed by atoms with E-state index in [1.807, 2.05) is 30.3 Å². The number of ether oxygens (including phenoxy) is 1. The fraction of sp³-hybridized carbons (Fsp3) is 0.231. The fourth-order valence-electron chi connectivity index (χ4n) is 4.30. The topological polar surface area (TPSA) is 67.4 Å². The average Bonchev–Trinajstić information content (AvgIpc) is 3.32. The molecule has 0 saturated heterocycles. The summed E-state index contributed by atoms with van der Waals surface area (Å²) in [6.45, 7) is 0. The van der Waals surface area contributed by atoms with Crippen molar-refractivity contribution < 1.29 is 18.7 Å². The van der Waals surface area contributed by atoms with Crippen LogP contribution >= 0.6 is 0 Å². The summed E-state index contributed by atoms with van der Waals surface area (Å²) in [4.78, 5) is 25.8. The maximum Gasteiger partial charge on any atom is 0.255 e. The zero-order valence-corrected chi connectivity index (χ0v) is 17.9. The van der Waals surface area contributed by atoms with Crippen LogP contribution in [0.25, 0.3) is 0 Å². The van der Waals surface area contributed by atoms with Gasteiger partial charge in [0, 0.05) is 17.3 Å². The van der Waals surface area contributed by atoms with E-state index in [4.69, 9.17) is 4.74 Å². The molecular weight excluding hydrogens is 407 g/mol. The Balaban J connectivity index is 1.53. The third-order valence-corrected chi connectivity index (χ3v) is 6.03. The van der Waals surface area contributed by atoms with Crippen LogP contribution in [0.2, 0.25) is 0 Å². The van der Waals surface area contributed by atoms with E-state index in [9.17, 15) is 14.0 Å². The molecule has 1 aliphatic carbocycles. The van der Waals surface area contributed by atoms with Gasteiger partial charge in [0.25, 0.3) is 5.91 Å². The summed E-state index contributed by atoms with van der Waals surface area (Å²) in [6, 6.07) is 20.3. The molecule has 1 saturated carbocycles. The summed E-state index contributed by atoms with van der Waals surface area (Å²) < 4.78 is 18.5. The van der Waals surface area contributed by atoms with Gasteiger partial charge in [-0.05, 0) is 54.8 Å². The first-order valence-electron chi connectivity index (χ1n) is 10.6. The molecule has 3 aromatic rings. The van der Waals surface area contributed by atoms with E-state index in [1.54, 1.807) is 18.2 Å². The number of halogens is 1. The molecule has 5 nitrogen and oxygen atoms in total. The number of methoxy groups -OCH3 is 1. The Morgan fingerprint density at radius 3 is 2.25 bits per heavy atom. The molecule has 0 unspecified atom stereocenters. The van der Waals surface area contributed by atoms with Gasteiger partial charge in [-0.15, -0.1) is 0 Å². The van der Waals surface area contributed by atoms with Crippen LogP contribution in [0.15, 0.2) is 72.8 Å². The molecule has 0 atom stereocenters. The molecule has 164 valence electrons. The van der Waals surface area contributed by atoms with Gasteiger partial charge < -0.3 is 15.4 Å². The number of nitrogens with one attached hydrogen (secondary N) is 2. The number of amides is 2. The molecule has 2 N–H and O–H groups in total. The number of hydrogen-bond donors (Lipinski definition) is 2. The standard InChI is InChI=1S/C26H25FN2O3/c1-32-23-17-21(13-14-22(23)29-24(30)18-9-11-20(27)12-10-18)28-25(31)26(15-5-6-16-26)19-7-3-2-4-8-19/h2-4,7-14,17H,5-6,15-16H2,1H3,(H,28,31)(H,29,30). The van der Waals surface area contributed by atoms with Crippen molar-refractivity contribution in [2.75, 3.05) is 17.7 Å². The van der Waals surface area contributed by atoms with Crippen molar-refractivity contribution in [3.8, 4) is 5.75 Å². The van der Waals surface area contributed by atoms with Gasteiger partial charge in [-0.2, -0.15) is 0 Å². The highest BCUT2D eigenvalue weighted by atomic mass is 19.1. The Bertz CT molecular complexity index is 1110. The molecule has 1 fully saturated rings. The molecule has 0 bridgehead atoms. The van der Waals surface area contributed by atoms with Crippen LogP contribution in [0, 0.1) is 5.82 Å². The van der Waals surface area contributed by atoms with Gasteiger partial charge in [0.15, 0.2) is 0 Å². The number of carbonyl (C=O) groups is 2. The zero-order valence-electron chi connectivity index (χ0n) is 17.9. The van der Waals surface area contributed by atoms with E-state index in [-0.39, 0.29) is 11.8 Å². The van der Waals surface area contributed by atoms with Crippen molar-refractivity contribution in [1.82, 2.24) is 0 Å². The van der Waals surface area contributed by atoms with Crippen LogP contribution in [-0.4, -0.2) is 18.9 Å². The Hall–Kier alpha value is -3.67. The highest BCUT2D eigenvalue weighted by molar-refractivity contribution is 6.05. The van der Waals surface area contributed by atoms with E-state index in [1.165, 1.54) is 31.4 Å². The number of benzene rings is 3. The Morgan fingerprint density at radius 2 is 1.59 bits per heavy atom. The number of rotatable bonds is 6. The smallest absolute Gasteiger partial charge is 0.255 e. The predicted octanol–water partition coefficient (Wildman–Crippen LogP) is 5.54. The molecular formula is C26H25FN2O3. The van der Waals surface area contributed by atoms with Crippen LogP contribution in [0.4, 0.5) is 15.8 Å². The van der Waals surface area contributed by atoms with Gasteiger partial charge in [-0.1, -0.05) is 43.2 Å². The number of anilines is 2. The largest absolute Gasteiger partial charge is 0.494 e. The molecule has 0 spiro atoms. The first kappa shape index (κ1) is 21.6. The Morgan fingerprint density at radius 1 is 0.906 bits per heavy atom. The van der Waals surface area contributed by atoms with Crippen molar-refractivity contribution in [3.63, 3.8) is 0 Å². The van der Waals surface area contributed by atoms with Gasteiger partial charge in [0.1, 0.15) is 11.6 Å². The van der Waals surface area contributed by atoms with Crippen LogP contribution in [0.1, 0.15) is 41.6 Å². The monoisotopic (exact) mass is 432 g/mol. The Kier molecular flexibility index (Phi) is 6.21. The first-order chi connectivity index (χ1) is 15.5. The van der Waals surface area contributed by atoms with Gasteiger partial charge in [-0.3, -0.25) is 9.59 Å². The third kappa shape index (κ3) is 4.35. The molecule has 0 radical (unpaired) electrons. The van der Waals surface area contributed by atoms with Crippen LogP contribution < -0.4 is 15.4 Å². The predicted molar refractivity (Wildman–Crippen MR) is 123 cm³/mol. The summed E-state index contributed by atoms with van der Waals surface area (Å²) in [5.41, 5.74) is 1.87. The van der Waals surface area contributed by atoms with E-state index < -0.39 is 11.2 Å². The second-order valence-corrected chi connectivity index (χ2v) is 7.99. The number of carbonyl (C=O) groups excluding carboxylic acids is 2. The molecule has 6 heteroatoms. The quantitative estimate of drug-likeness (QED) is 0.538.